The lowest BCUT2D eigenvalue weighted by atomic mass is 10.3. The van der Waals surface area contributed by atoms with Crippen molar-refractivity contribution < 1.29 is 19.1 Å². The first kappa shape index (κ1) is 16.9. The predicted molar refractivity (Wildman–Crippen MR) is 73.9 cm³/mol. The molecule has 0 aromatic heterocycles. The van der Waals surface area contributed by atoms with E-state index in [4.69, 9.17) is 9.47 Å². The average molecular weight is 287 g/mol. The quantitative estimate of drug-likeness (QED) is 0.589. The number of ether oxygens (including phenoxy) is 2. The lowest BCUT2D eigenvalue weighted by Crippen LogP contribution is -2.40. The average Bonchev–Trinajstić information content (AvgIpc) is 2.53. The van der Waals surface area contributed by atoms with E-state index in [9.17, 15) is 9.59 Å². The molecule has 20 heavy (non-hydrogen) atoms. The first-order valence-corrected chi connectivity index (χ1v) is 6.96. The van der Waals surface area contributed by atoms with Gasteiger partial charge in [-0.1, -0.05) is 0 Å². The zero-order chi connectivity index (χ0) is 14.8. The molecule has 1 aliphatic rings. The van der Waals surface area contributed by atoms with Gasteiger partial charge in [0, 0.05) is 45.3 Å². The van der Waals surface area contributed by atoms with Gasteiger partial charge < -0.3 is 9.47 Å². The molecule has 0 atom stereocenters. The molecule has 116 valence electrons. The van der Waals surface area contributed by atoms with Gasteiger partial charge in [-0.15, -0.1) is 0 Å². The molecule has 0 radical (unpaired) electrons. The van der Waals surface area contributed by atoms with E-state index in [1.807, 2.05) is 0 Å². The van der Waals surface area contributed by atoms with Gasteiger partial charge in [0.2, 0.25) is 0 Å². The molecule has 1 aliphatic heterocycles. The van der Waals surface area contributed by atoms with Gasteiger partial charge in [-0.2, -0.15) is 0 Å². The van der Waals surface area contributed by atoms with E-state index >= 15 is 0 Å². The maximum Gasteiger partial charge on any atom is 0.294 e. The zero-order valence-electron chi connectivity index (χ0n) is 12.4. The molecule has 0 N–H and O–H groups in total. The molecule has 0 aromatic carbocycles. The van der Waals surface area contributed by atoms with E-state index in [1.54, 1.807) is 0 Å². The first-order valence-electron chi connectivity index (χ1n) is 6.96. The van der Waals surface area contributed by atoms with Crippen LogP contribution in [-0.4, -0.2) is 86.4 Å². The highest BCUT2D eigenvalue weighted by molar-refractivity contribution is 5.37. The minimum absolute atomic E-state index is 0.303. The molecule has 0 amide bonds. The van der Waals surface area contributed by atoms with Gasteiger partial charge in [0.15, 0.2) is 0 Å². The Labute approximate surface area is 120 Å². The Morgan fingerprint density at radius 2 is 1.25 bits per heavy atom. The van der Waals surface area contributed by atoms with Crippen molar-refractivity contribution >= 4 is 12.9 Å². The van der Waals surface area contributed by atoms with Crippen LogP contribution in [-0.2, 0) is 19.1 Å². The molecule has 1 heterocycles. The van der Waals surface area contributed by atoms with Crippen LogP contribution in [0.3, 0.4) is 0 Å². The molecule has 0 aromatic rings. The first-order chi connectivity index (χ1) is 9.67. The predicted octanol–water partition coefficient (Wildman–Crippen LogP) is -0.425. The highest BCUT2D eigenvalue weighted by Gasteiger charge is 2.18. The van der Waals surface area contributed by atoms with Crippen molar-refractivity contribution in [1.29, 1.82) is 0 Å². The number of carbonyl (C=O) groups is 2. The molecule has 7 heteroatoms. The van der Waals surface area contributed by atoms with Crippen LogP contribution >= 0.6 is 0 Å². The van der Waals surface area contributed by atoms with Crippen LogP contribution < -0.4 is 0 Å². The van der Waals surface area contributed by atoms with Crippen LogP contribution in [0.2, 0.25) is 0 Å². The SMILES string of the molecule is CC(C)N1CCN(COC=O)CCN(COC=O)CC1. The van der Waals surface area contributed by atoms with Crippen molar-refractivity contribution in [3.63, 3.8) is 0 Å². The van der Waals surface area contributed by atoms with E-state index in [0.29, 0.717) is 32.4 Å². The van der Waals surface area contributed by atoms with Crippen LogP contribution in [0.1, 0.15) is 13.8 Å². The Kier molecular flexibility index (Phi) is 8.17. The lowest BCUT2D eigenvalue weighted by molar-refractivity contribution is -0.135. The number of carbonyl (C=O) groups excluding carboxylic acids is 2. The van der Waals surface area contributed by atoms with E-state index in [0.717, 1.165) is 39.3 Å². The van der Waals surface area contributed by atoms with Gasteiger partial charge in [-0.3, -0.25) is 24.3 Å². The molecule has 0 aliphatic carbocycles. The normalized spacial score (nSPS) is 19.9. The Hall–Kier alpha value is -1.18. The maximum absolute atomic E-state index is 10.3. The number of nitrogens with zero attached hydrogens (tertiary/aromatic N) is 3. The molecule has 0 spiro atoms. The van der Waals surface area contributed by atoms with Crippen LogP contribution in [0.5, 0.6) is 0 Å². The molecule has 0 unspecified atom stereocenters. The monoisotopic (exact) mass is 287 g/mol. The van der Waals surface area contributed by atoms with Crippen molar-refractivity contribution in [3.05, 3.63) is 0 Å². The van der Waals surface area contributed by atoms with Crippen LogP contribution in [0.25, 0.3) is 0 Å². The molecule has 1 rings (SSSR count). The van der Waals surface area contributed by atoms with E-state index < -0.39 is 0 Å². The largest absolute Gasteiger partial charge is 0.452 e. The molecule has 7 nitrogen and oxygen atoms in total. The summed E-state index contributed by atoms with van der Waals surface area (Å²) in [5.41, 5.74) is 0. The second-order valence-corrected chi connectivity index (χ2v) is 5.15. The Bertz CT molecular complexity index is 265. The van der Waals surface area contributed by atoms with E-state index in [-0.39, 0.29) is 0 Å². The van der Waals surface area contributed by atoms with Crippen molar-refractivity contribution in [2.24, 2.45) is 0 Å². The lowest BCUT2D eigenvalue weighted by Gasteiger charge is -2.28. The summed E-state index contributed by atoms with van der Waals surface area (Å²) in [5, 5.41) is 0. The molecule has 1 saturated heterocycles. The standard InChI is InChI=1S/C13H25N3O4/c1-13(2)16-7-5-14(9-19-11-17)3-4-15(6-8-16)10-20-12-18/h11-13H,3-10H2,1-2H3. The summed E-state index contributed by atoms with van der Waals surface area (Å²) in [6.07, 6.45) is 0. The Morgan fingerprint density at radius 1 is 0.850 bits per heavy atom. The number of hydrogen-bond acceptors (Lipinski definition) is 7. The smallest absolute Gasteiger partial charge is 0.294 e. The fourth-order valence-electron chi connectivity index (χ4n) is 2.20. The van der Waals surface area contributed by atoms with Gasteiger partial charge in [0.1, 0.15) is 13.5 Å². The van der Waals surface area contributed by atoms with Crippen molar-refractivity contribution in [3.8, 4) is 0 Å². The van der Waals surface area contributed by atoms with Crippen LogP contribution in [0.15, 0.2) is 0 Å². The van der Waals surface area contributed by atoms with Gasteiger partial charge in [0.25, 0.3) is 12.9 Å². The third-order valence-electron chi connectivity index (χ3n) is 3.52. The van der Waals surface area contributed by atoms with E-state index in [2.05, 4.69) is 28.5 Å². The van der Waals surface area contributed by atoms with Crippen molar-refractivity contribution in [2.75, 3.05) is 52.7 Å². The highest BCUT2D eigenvalue weighted by atomic mass is 16.5. The summed E-state index contributed by atoms with van der Waals surface area (Å²) in [5.74, 6) is 0. The fraction of sp³-hybridized carbons (Fsp3) is 0.846. The second-order valence-electron chi connectivity index (χ2n) is 5.15. The molecule has 0 bridgehead atoms. The van der Waals surface area contributed by atoms with E-state index in [1.165, 1.54) is 0 Å². The topological polar surface area (TPSA) is 62.3 Å². The molecule has 1 fully saturated rings. The van der Waals surface area contributed by atoms with Gasteiger partial charge in [0.05, 0.1) is 0 Å². The summed E-state index contributed by atoms with van der Waals surface area (Å²) in [6, 6.07) is 0.454. The zero-order valence-corrected chi connectivity index (χ0v) is 12.4. The van der Waals surface area contributed by atoms with Gasteiger partial charge >= 0.3 is 0 Å². The summed E-state index contributed by atoms with van der Waals surface area (Å²) in [7, 11) is 0. The van der Waals surface area contributed by atoms with Gasteiger partial charge in [-0.25, -0.2) is 0 Å². The third-order valence-corrected chi connectivity index (χ3v) is 3.52. The maximum atomic E-state index is 10.3. The minimum Gasteiger partial charge on any atom is -0.452 e. The molecular formula is C13H25N3O4. The summed E-state index contributed by atoms with van der Waals surface area (Å²) >= 11 is 0. The summed E-state index contributed by atoms with van der Waals surface area (Å²) < 4.78 is 9.69. The van der Waals surface area contributed by atoms with Crippen LogP contribution in [0.4, 0.5) is 0 Å². The van der Waals surface area contributed by atoms with Crippen molar-refractivity contribution in [1.82, 2.24) is 14.7 Å². The Balaban J connectivity index is 2.57. The van der Waals surface area contributed by atoms with Gasteiger partial charge in [-0.05, 0) is 13.8 Å². The third kappa shape index (κ3) is 6.31. The van der Waals surface area contributed by atoms with Crippen molar-refractivity contribution in [2.45, 2.75) is 19.9 Å². The molecule has 0 saturated carbocycles. The van der Waals surface area contributed by atoms with Crippen LogP contribution in [0, 0.1) is 0 Å². The number of hydrogen-bond donors (Lipinski definition) is 0. The Morgan fingerprint density at radius 3 is 1.60 bits per heavy atom. The fourth-order valence-corrected chi connectivity index (χ4v) is 2.20. The summed E-state index contributed by atoms with van der Waals surface area (Å²) in [4.78, 5) is 27.2. The number of rotatable bonds is 7. The second kappa shape index (κ2) is 9.68. The minimum atomic E-state index is 0.303. The molecular weight excluding hydrogens is 262 g/mol. The highest BCUT2D eigenvalue weighted by Crippen LogP contribution is 2.04. The summed E-state index contributed by atoms with van der Waals surface area (Å²) in [6.45, 7) is 11.0.